The van der Waals surface area contributed by atoms with Gasteiger partial charge in [0.15, 0.2) is 0 Å². The van der Waals surface area contributed by atoms with E-state index in [0.717, 1.165) is 12.8 Å². The van der Waals surface area contributed by atoms with Crippen LogP contribution in [0.2, 0.25) is 0 Å². The number of likely N-dealkylation sites (tertiary alicyclic amines) is 1. The molecular weight excluding hydrogens is 262 g/mol. The van der Waals surface area contributed by atoms with Crippen LogP contribution in [0.15, 0.2) is 12.3 Å². The van der Waals surface area contributed by atoms with Gasteiger partial charge in [-0.1, -0.05) is 0 Å². The van der Waals surface area contributed by atoms with Crippen LogP contribution in [0.25, 0.3) is 0 Å². The molecule has 20 heavy (non-hydrogen) atoms. The largest absolute Gasteiger partial charge is 0.393 e. The molecule has 1 saturated carbocycles. The maximum absolute atomic E-state index is 12.4. The van der Waals surface area contributed by atoms with Gasteiger partial charge in [-0.05, 0) is 18.8 Å². The number of aliphatic hydroxyl groups excluding tert-OH is 1. The number of fused-ring (bicyclic) bond motifs is 1. The summed E-state index contributed by atoms with van der Waals surface area (Å²) < 4.78 is 1.49. The normalized spacial score (nSPS) is 28.7. The summed E-state index contributed by atoms with van der Waals surface area (Å²) in [5, 5.41) is 20.6. The number of nitro groups is 1. The lowest BCUT2D eigenvalue weighted by Gasteiger charge is -2.18. The van der Waals surface area contributed by atoms with Crippen molar-refractivity contribution < 1.29 is 14.8 Å². The number of aromatic nitrogens is 1. The van der Waals surface area contributed by atoms with Crippen molar-refractivity contribution in [3.63, 3.8) is 0 Å². The van der Waals surface area contributed by atoms with E-state index in [-0.39, 0.29) is 23.6 Å². The van der Waals surface area contributed by atoms with Crippen molar-refractivity contribution in [2.75, 3.05) is 13.1 Å². The van der Waals surface area contributed by atoms with E-state index in [0.29, 0.717) is 24.7 Å². The summed E-state index contributed by atoms with van der Waals surface area (Å²) in [6.07, 6.45) is 2.79. The molecular formula is C13H17N3O4. The van der Waals surface area contributed by atoms with E-state index in [9.17, 15) is 20.0 Å². The Morgan fingerprint density at radius 3 is 2.80 bits per heavy atom. The molecule has 0 spiro atoms. The zero-order valence-electron chi connectivity index (χ0n) is 11.2. The summed E-state index contributed by atoms with van der Waals surface area (Å²) in [5.74, 6) is 0.334. The molecule has 1 saturated heterocycles. The van der Waals surface area contributed by atoms with E-state index in [2.05, 4.69) is 0 Å². The van der Waals surface area contributed by atoms with Crippen LogP contribution in [0.5, 0.6) is 0 Å². The fraction of sp³-hybridized carbons (Fsp3) is 0.615. The van der Waals surface area contributed by atoms with Crippen molar-refractivity contribution in [2.45, 2.75) is 18.9 Å². The topological polar surface area (TPSA) is 88.6 Å². The molecule has 0 radical (unpaired) electrons. The maximum Gasteiger partial charge on any atom is 0.287 e. The number of hydrogen-bond donors (Lipinski definition) is 1. The average molecular weight is 279 g/mol. The number of nitrogens with zero attached hydrogens (tertiary/aromatic N) is 3. The molecule has 1 aromatic heterocycles. The molecule has 2 fully saturated rings. The first-order valence-corrected chi connectivity index (χ1v) is 6.75. The van der Waals surface area contributed by atoms with Gasteiger partial charge >= 0.3 is 0 Å². The minimum atomic E-state index is -0.501. The Balaban J connectivity index is 1.79. The molecule has 1 amide bonds. The van der Waals surface area contributed by atoms with Crippen molar-refractivity contribution in [1.82, 2.24) is 9.47 Å². The predicted octanol–water partition coefficient (Wildman–Crippen LogP) is 0.776. The van der Waals surface area contributed by atoms with Crippen LogP contribution in [0.4, 0.5) is 5.69 Å². The summed E-state index contributed by atoms with van der Waals surface area (Å²) in [7, 11) is 1.63. The summed E-state index contributed by atoms with van der Waals surface area (Å²) in [5.41, 5.74) is 0.251. The zero-order valence-corrected chi connectivity index (χ0v) is 11.2. The van der Waals surface area contributed by atoms with Crippen LogP contribution in [0.1, 0.15) is 23.3 Å². The van der Waals surface area contributed by atoms with Gasteiger partial charge in [0.25, 0.3) is 11.6 Å². The molecule has 0 aromatic carbocycles. The Bertz CT molecular complexity index is 568. The highest BCUT2D eigenvalue weighted by Crippen LogP contribution is 2.38. The molecule has 108 valence electrons. The average Bonchev–Trinajstić information content (AvgIpc) is 3.05. The molecule has 0 bridgehead atoms. The minimum absolute atomic E-state index is 0.0738. The van der Waals surface area contributed by atoms with Gasteiger partial charge in [0.05, 0.1) is 17.2 Å². The summed E-state index contributed by atoms with van der Waals surface area (Å²) >= 11 is 0. The van der Waals surface area contributed by atoms with E-state index < -0.39 is 4.92 Å². The molecule has 7 nitrogen and oxygen atoms in total. The van der Waals surface area contributed by atoms with Gasteiger partial charge in [0, 0.05) is 32.1 Å². The maximum atomic E-state index is 12.4. The fourth-order valence-electron chi connectivity index (χ4n) is 3.42. The lowest BCUT2D eigenvalue weighted by Crippen LogP contribution is -2.32. The van der Waals surface area contributed by atoms with Crippen LogP contribution >= 0.6 is 0 Å². The molecule has 3 unspecified atom stereocenters. The number of carbonyl (C=O) groups excluding carboxylic acids is 1. The Labute approximate surface area is 115 Å². The molecule has 2 heterocycles. The van der Waals surface area contributed by atoms with E-state index in [1.54, 1.807) is 11.9 Å². The fourth-order valence-corrected chi connectivity index (χ4v) is 3.42. The van der Waals surface area contributed by atoms with E-state index >= 15 is 0 Å². The molecule has 1 N–H and O–H groups in total. The number of rotatable bonds is 2. The number of aliphatic hydroxyl groups is 1. The number of aryl methyl sites for hydroxylation is 1. The molecule has 7 heteroatoms. The second-order valence-corrected chi connectivity index (χ2v) is 5.73. The lowest BCUT2D eigenvalue weighted by atomic mass is 10.00. The Kier molecular flexibility index (Phi) is 3.01. The molecule has 3 rings (SSSR count). The highest BCUT2D eigenvalue weighted by molar-refractivity contribution is 5.93. The highest BCUT2D eigenvalue weighted by Gasteiger charge is 2.43. The van der Waals surface area contributed by atoms with E-state index in [4.69, 9.17) is 0 Å². The van der Waals surface area contributed by atoms with Crippen molar-refractivity contribution >= 4 is 11.6 Å². The molecule has 3 atom stereocenters. The first kappa shape index (κ1) is 13.1. The quantitative estimate of drug-likeness (QED) is 0.640. The van der Waals surface area contributed by atoms with Crippen molar-refractivity contribution in [1.29, 1.82) is 0 Å². The molecule has 1 aliphatic heterocycles. The zero-order chi connectivity index (χ0) is 14.4. The predicted molar refractivity (Wildman–Crippen MR) is 70.2 cm³/mol. The standard InChI is InChI=1S/C13H17N3O4/c1-14-6-9(16(19)20)4-11(14)13(18)15-5-8-2-3-12(17)10(8)7-15/h4,6,8,10,12,17H,2-3,5,7H2,1H3. The Hall–Kier alpha value is -1.89. The van der Waals surface area contributed by atoms with Gasteiger partial charge in [0.1, 0.15) is 5.69 Å². The summed E-state index contributed by atoms with van der Waals surface area (Å²) in [4.78, 5) is 24.4. The molecule has 1 aromatic rings. The molecule has 1 aliphatic carbocycles. The first-order chi connectivity index (χ1) is 9.47. The van der Waals surface area contributed by atoms with Gasteiger partial charge in [-0.25, -0.2) is 0 Å². The van der Waals surface area contributed by atoms with E-state index in [1.807, 2.05) is 0 Å². The van der Waals surface area contributed by atoms with E-state index in [1.165, 1.54) is 16.8 Å². The second-order valence-electron chi connectivity index (χ2n) is 5.73. The van der Waals surface area contributed by atoms with Crippen molar-refractivity contribution in [2.24, 2.45) is 18.9 Å². The minimum Gasteiger partial charge on any atom is -0.393 e. The Morgan fingerprint density at radius 1 is 1.45 bits per heavy atom. The third-order valence-electron chi connectivity index (χ3n) is 4.53. The summed E-state index contributed by atoms with van der Waals surface area (Å²) in [6.45, 7) is 1.18. The van der Waals surface area contributed by atoms with Crippen molar-refractivity contribution in [3.05, 3.63) is 28.1 Å². The van der Waals surface area contributed by atoms with Crippen LogP contribution < -0.4 is 0 Å². The smallest absolute Gasteiger partial charge is 0.287 e. The van der Waals surface area contributed by atoms with Gasteiger partial charge in [0.2, 0.25) is 0 Å². The van der Waals surface area contributed by atoms with Crippen LogP contribution in [-0.2, 0) is 7.05 Å². The third kappa shape index (κ3) is 1.98. The number of amides is 1. The van der Waals surface area contributed by atoms with Gasteiger partial charge < -0.3 is 14.6 Å². The number of carbonyl (C=O) groups is 1. The van der Waals surface area contributed by atoms with Crippen LogP contribution in [0, 0.1) is 22.0 Å². The molecule has 2 aliphatic rings. The first-order valence-electron chi connectivity index (χ1n) is 6.75. The van der Waals surface area contributed by atoms with Crippen molar-refractivity contribution in [3.8, 4) is 0 Å². The van der Waals surface area contributed by atoms with Gasteiger partial charge in [-0.3, -0.25) is 14.9 Å². The van der Waals surface area contributed by atoms with Crippen LogP contribution in [-0.4, -0.2) is 44.6 Å². The summed E-state index contributed by atoms with van der Waals surface area (Å²) in [6, 6.07) is 1.31. The number of hydrogen-bond acceptors (Lipinski definition) is 4. The van der Waals surface area contributed by atoms with Gasteiger partial charge in [-0.15, -0.1) is 0 Å². The van der Waals surface area contributed by atoms with Gasteiger partial charge in [-0.2, -0.15) is 0 Å². The Morgan fingerprint density at radius 2 is 2.20 bits per heavy atom. The lowest BCUT2D eigenvalue weighted by molar-refractivity contribution is -0.384. The second kappa shape index (κ2) is 4.59. The monoisotopic (exact) mass is 279 g/mol. The highest BCUT2D eigenvalue weighted by atomic mass is 16.6. The third-order valence-corrected chi connectivity index (χ3v) is 4.53. The van der Waals surface area contributed by atoms with Crippen LogP contribution in [0.3, 0.4) is 0 Å². The SMILES string of the molecule is Cn1cc([N+](=O)[O-])cc1C(=O)N1CC2CCC(O)C2C1.